The molecule has 3 aromatic heterocycles. The highest BCUT2D eigenvalue weighted by molar-refractivity contribution is 5.75. The lowest BCUT2D eigenvalue weighted by molar-refractivity contribution is -0.120. The highest BCUT2D eigenvalue weighted by Crippen LogP contribution is 2.38. The summed E-state index contributed by atoms with van der Waals surface area (Å²) >= 11 is 0. The molecule has 3 atom stereocenters. The zero-order valence-electron chi connectivity index (χ0n) is 24.4. The molecule has 4 aromatic rings. The van der Waals surface area contributed by atoms with E-state index in [0.29, 0.717) is 61.9 Å². The van der Waals surface area contributed by atoms with Crippen LogP contribution < -0.4 is 21.3 Å². The second kappa shape index (κ2) is 11.8. The van der Waals surface area contributed by atoms with Gasteiger partial charge in [-0.1, -0.05) is 6.92 Å². The van der Waals surface area contributed by atoms with Gasteiger partial charge in [-0.2, -0.15) is 14.9 Å². The van der Waals surface area contributed by atoms with E-state index in [2.05, 4.69) is 36.7 Å². The molecule has 11 nitrogen and oxygen atoms in total. The van der Waals surface area contributed by atoms with Crippen LogP contribution in [0, 0.1) is 28.9 Å². The third-order valence-corrected chi connectivity index (χ3v) is 8.56. The highest BCUT2D eigenvalue weighted by atomic mass is 19.1. The maximum absolute atomic E-state index is 15.5. The fourth-order valence-corrected chi connectivity index (χ4v) is 6.27. The van der Waals surface area contributed by atoms with Gasteiger partial charge in [0.25, 0.3) is 0 Å². The van der Waals surface area contributed by atoms with E-state index in [9.17, 15) is 10.1 Å². The number of rotatable bonds is 6. The van der Waals surface area contributed by atoms with Gasteiger partial charge < -0.3 is 26.0 Å². The first kappa shape index (κ1) is 29.4. The number of hydrogen-bond acceptors (Lipinski definition) is 9. The topological polar surface area (TPSA) is 146 Å². The average Bonchev–Trinajstić information content (AvgIpc) is 3.41. The van der Waals surface area contributed by atoms with Crippen LogP contribution in [0.25, 0.3) is 16.8 Å². The Balaban J connectivity index is 1.30. The van der Waals surface area contributed by atoms with Crippen molar-refractivity contribution >= 4 is 28.7 Å². The highest BCUT2D eigenvalue weighted by Gasteiger charge is 2.37. The number of nitrogens with one attached hydrogen (secondary N) is 2. The van der Waals surface area contributed by atoms with E-state index in [-0.39, 0.29) is 35.2 Å². The molecular weight excluding hydrogens is 568 g/mol. The molecule has 2 aliphatic rings. The molecule has 4 N–H and O–H groups in total. The molecule has 1 amide bonds. The van der Waals surface area contributed by atoms with Gasteiger partial charge in [-0.3, -0.25) is 9.78 Å². The molecule has 13 heteroatoms. The number of halogens is 2. The van der Waals surface area contributed by atoms with E-state index < -0.39 is 17.0 Å². The summed E-state index contributed by atoms with van der Waals surface area (Å²) in [7, 11) is 0. The molecule has 1 aromatic carbocycles. The molecule has 228 valence electrons. The molecule has 0 aliphatic carbocycles. The van der Waals surface area contributed by atoms with E-state index in [4.69, 9.17) is 10.5 Å². The number of aromatic nitrogens is 4. The summed E-state index contributed by atoms with van der Waals surface area (Å²) < 4.78 is 37.9. The molecule has 6 rings (SSSR count). The third-order valence-electron chi connectivity index (χ3n) is 8.56. The third kappa shape index (κ3) is 5.42. The van der Waals surface area contributed by atoms with Gasteiger partial charge in [0, 0.05) is 51.5 Å². The largest absolute Gasteiger partial charge is 0.381 e. The number of anilines is 3. The molecular formula is C31H33F2N9O2. The number of ether oxygens (including phenoxy) is 1. The van der Waals surface area contributed by atoms with Crippen molar-refractivity contribution in [3.05, 3.63) is 66.1 Å². The van der Waals surface area contributed by atoms with Crippen LogP contribution in [0.5, 0.6) is 0 Å². The number of carbonyl (C=O) groups is 1. The fourth-order valence-electron chi connectivity index (χ4n) is 6.27. The van der Waals surface area contributed by atoms with Crippen LogP contribution in [0.1, 0.15) is 32.3 Å². The van der Waals surface area contributed by atoms with Crippen molar-refractivity contribution in [2.45, 2.75) is 44.2 Å². The Morgan fingerprint density at radius 3 is 2.59 bits per heavy atom. The van der Waals surface area contributed by atoms with Crippen molar-refractivity contribution in [3.8, 4) is 17.3 Å². The zero-order chi connectivity index (χ0) is 31.0. The second-order valence-electron chi connectivity index (χ2n) is 11.5. The summed E-state index contributed by atoms with van der Waals surface area (Å²) in [6.07, 6.45) is 5.68. The lowest BCUT2D eigenvalue weighted by Crippen LogP contribution is -2.61. The minimum Gasteiger partial charge on any atom is -0.381 e. The van der Waals surface area contributed by atoms with Gasteiger partial charge in [-0.05, 0) is 54.7 Å². The van der Waals surface area contributed by atoms with Crippen LogP contribution >= 0.6 is 0 Å². The van der Waals surface area contributed by atoms with E-state index in [0.717, 1.165) is 5.69 Å². The Kier molecular flexibility index (Phi) is 7.87. The molecule has 0 saturated carbocycles. The lowest BCUT2D eigenvalue weighted by Gasteiger charge is -2.42. The standard InChI is InChI=1S/C31H33F2N9O2/c1-18-15-41(16-24(35)29(18)38-19(2)43)27-5-8-36-14-26(27)39-30-37-13-21-3-4-25(40-42(21)30)28-22(32)11-20(12-23(28)33)31(17-34)6-9-44-10-7-31/h3-5,8,11-14,18,24,29H,6-7,9-10,15-16,35H2,1-2H3,(H,37,39)(H,38,43)/t18-,24+,29-/m0/s1. The number of nitrogens with zero attached hydrogens (tertiary/aromatic N) is 6. The molecule has 2 saturated heterocycles. The number of fused-ring (bicyclic) bond motifs is 1. The first-order valence-corrected chi connectivity index (χ1v) is 14.5. The van der Waals surface area contributed by atoms with Crippen LogP contribution in [-0.2, 0) is 14.9 Å². The molecule has 0 spiro atoms. The Morgan fingerprint density at radius 2 is 1.91 bits per heavy atom. The van der Waals surface area contributed by atoms with Crippen LogP contribution in [0.15, 0.2) is 48.9 Å². The molecule has 2 fully saturated rings. The van der Waals surface area contributed by atoms with Crippen molar-refractivity contribution in [2.75, 3.05) is 36.5 Å². The molecule has 0 radical (unpaired) electrons. The van der Waals surface area contributed by atoms with Crippen molar-refractivity contribution in [2.24, 2.45) is 11.7 Å². The van der Waals surface area contributed by atoms with E-state index in [1.807, 2.05) is 13.0 Å². The predicted molar refractivity (Wildman–Crippen MR) is 160 cm³/mol. The number of piperidine rings is 1. The van der Waals surface area contributed by atoms with Crippen molar-refractivity contribution < 1.29 is 18.3 Å². The Labute approximate surface area is 253 Å². The van der Waals surface area contributed by atoms with Gasteiger partial charge in [0.05, 0.1) is 52.0 Å². The maximum atomic E-state index is 15.5. The molecule has 0 unspecified atom stereocenters. The van der Waals surface area contributed by atoms with Gasteiger partial charge in [0.1, 0.15) is 11.6 Å². The smallest absolute Gasteiger partial charge is 0.229 e. The van der Waals surface area contributed by atoms with E-state index >= 15 is 8.78 Å². The zero-order valence-corrected chi connectivity index (χ0v) is 24.4. The summed E-state index contributed by atoms with van der Waals surface area (Å²) in [4.78, 5) is 22.5. The van der Waals surface area contributed by atoms with Crippen LogP contribution in [0.4, 0.5) is 26.1 Å². The van der Waals surface area contributed by atoms with Crippen molar-refractivity contribution in [1.82, 2.24) is 24.9 Å². The van der Waals surface area contributed by atoms with Crippen LogP contribution in [0.2, 0.25) is 0 Å². The summed E-state index contributed by atoms with van der Waals surface area (Å²) in [5.41, 5.74) is 7.64. The quantitative estimate of drug-likeness (QED) is 0.301. The van der Waals surface area contributed by atoms with Crippen LogP contribution in [-0.4, -0.2) is 63.9 Å². The van der Waals surface area contributed by atoms with Gasteiger partial charge in [0.15, 0.2) is 0 Å². The Hall–Kier alpha value is -4.67. The van der Waals surface area contributed by atoms with E-state index in [1.54, 1.807) is 24.7 Å². The first-order valence-electron chi connectivity index (χ1n) is 14.5. The summed E-state index contributed by atoms with van der Waals surface area (Å²) in [6, 6.07) is 9.38. The second-order valence-corrected chi connectivity index (χ2v) is 11.5. The minimum atomic E-state index is -1.00. The molecule has 44 heavy (non-hydrogen) atoms. The number of nitriles is 1. The summed E-state index contributed by atoms with van der Waals surface area (Å²) in [5.74, 6) is -1.30. The number of pyridine rings is 1. The van der Waals surface area contributed by atoms with Gasteiger partial charge in [-0.15, -0.1) is 0 Å². The number of nitrogens with two attached hydrogens (primary N) is 1. The summed E-state index contributed by atoms with van der Waals surface area (Å²) in [6.45, 7) is 5.40. The number of carbonyl (C=O) groups excluding carboxylic acids is 1. The minimum absolute atomic E-state index is 0.0735. The normalized spacial score (nSPS) is 21.5. The Bertz CT molecular complexity index is 1710. The lowest BCUT2D eigenvalue weighted by atomic mass is 9.75. The Morgan fingerprint density at radius 1 is 1.16 bits per heavy atom. The SMILES string of the molecule is CC(=O)N[C@@H]1[C@H](N)CN(c2ccncc2Nc2ncc3ccc(-c4c(F)cc(C5(C#N)CCOCC5)cc4F)nn23)C[C@@H]1C. The van der Waals surface area contributed by atoms with E-state index in [1.165, 1.54) is 29.6 Å². The number of benzene rings is 1. The monoisotopic (exact) mass is 601 g/mol. The summed E-state index contributed by atoms with van der Waals surface area (Å²) in [5, 5.41) is 20.7. The average molecular weight is 602 g/mol. The number of amides is 1. The van der Waals surface area contributed by atoms with Crippen molar-refractivity contribution in [3.63, 3.8) is 0 Å². The van der Waals surface area contributed by atoms with Gasteiger partial charge in [-0.25, -0.2) is 13.8 Å². The first-order chi connectivity index (χ1) is 21.2. The van der Waals surface area contributed by atoms with Gasteiger partial charge >= 0.3 is 0 Å². The maximum Gasteiger partial charge on any atom is 0.229 e. The number of imidazole rings is 1. The van der Waals surface area contributed by atoms with Gasteiger partial charge in [0.2, 0.25) is 11.9 Å². The molecule has 0 bridgehead atoms. The number of hydrogen-bond donors (Lipinski definition) is 3. The fraction of sp³-hybridized carbons (Fsp3) is 0.387. The molecule has 2 aliphatic heterocycles. The van der Waals surface area contributed by atoms with Crippen molar-refractivity contribution in [1.29, 1.82) is 5.26 Å². The molecule has 5 heterocycles. The van der Waals surface area contributed by atoms with Crippen LogP contribution in [0.3, 0.4) is 0 Å². The predicted octanol–water partition coefficient (Wildman–Crippen LogP) is 3.67.